The second-order valence-electron chi connectivity index (χ2n) is 8.31. The molecule has 4 nitrogen and oxygen atoms in total. The van der Waals surface area contributed by atoms with Crippen molar-refractivity contribution in [3.63, 3.8) is 0 Å². The van der Waals surface area contributed by atoms with Gasteiger partial charge in [0, 0.05) is 37.8 Å². The van der Waals surface area contributed by atoms with Gasteiger partial charge in [-0.05, 0) is 24.8 Å². The van der Waals surface area contributed by atoms with Gasteiger partial charge in [0.1, 0.15) is 0 Å². The Hall–Kier alpha value is -2.84. The molecule has 31 heavy (non-hydrogen) atoms. The molecule has 2 aliphatic rings. The molecule has 2 heterocycles. The number of aliphatic hydroxyl groups is 1. The van der Waals surface area contributed by atoms with Crippen molar-refractivity contribution in [3.8, 4) is 0 Å². The smallest absolute Gasteiger partial charge is 0.494 e. The van der Waals surface area contributed by atoms with Crippen LogP contribution in [-0.4, -0.2) is 28.5 Å². The monoisotopic (exact) mass is 590 g/mol. The summed E-state index contributed by atoms with van der Waals surface area (Å²) in [6, 6.07) is 24.4. The number of allylic oxidation sites excluding steroid dienone is 2. The van der Waals surface area contributed by atoms with E-state index in [1.54, 1.807) is 0 Å². The van der Waals surface area contributed by atoms with Crippen LogP contribution in [0.3, 0.4) is 0 Å². The third-order valence-corrected chi connectivity index (χ3v) is 5.60. The van der Waals surface area contributed by atoms with E-state index in [-0.39, 0.29) is 37.1 Å². The van der Waals surface area contributed by atoms with Gasteiger partial charge in [-0.25, -0.2) is 0 Å². The van der Waals surface area contributed by atoms with Gasteiger partial charge in [-0.3, -0.25) is 4.79 Å². The first-order chi connectivity index (χ1) is 14.2. The van der Waals surface area contributed by atoms with Gasteiger partial charge in [0.2, 0.25) is 0 Å². The summed E-state index contributed by atoms with van der Waals surface area (Å²) in [6.07, 6.45) is 1.17. The van der Waals surface area contributed by atoms with E-state index in [0.29, 0.717) is 0 Å². The van der Waals surface area contributed by atoms with Crippen LogP contribution in [0, 0.1) is 6.07 Å². The number of carbonyl (C=O) groups is 1. The maximum Gasteiger partial charge on any atom is 0.494 e. The normalized spacial score (nSPS) is 14.9. The Morgan fingerprint density at radius 1 is 1.10 bits per heavy atom. The molecule has 0 amide bonds. The minimum atomic E-state index is -0.125. The molecule has 0 atom stereocenters. The Labute approximate surface area is 196 Å². The molecule has 2 aliphatic heterocycles. The van der Waals surface area contributed by atoms with Crippen LogP contribution in [0.2, 0.25) is 0 Å². The van der Waals surface area contributed by atoms with E-state index in [2.05, 4.69) is 90.7 Å². The number of para-hydroxylation sites is 1. The predicted octanol–water partition coefficient (Wildman–Crippen LogP) is 5.61. The fraction of sp³-hybridized carbons (Fsp3) is 0.231. The fourth-order valence-corrected chi connectivity index (χ4v) is 4.20. The summed E-state index contributed by atoms with van der Waals surface area (Å²) >= 11 is 0. The fourth-order valence-electron chi connectivity index (χ4n) is 4.20. The number of rotatable bonds is 1. The van der Waals surface area contributed by atoms with Crippen molar-refractivity contribution in [2.45, 2.75) is 33.1 Å². The molecule has 5 heteroatoms. The van der Waals surface area contributed by atoms with Crippen LogP contribution in [-0.2, 0) is 30.3 Å². The molecule has 0 saturated carbocycles. The molecule has 0 aromatic heterocycles. The van der Waals surface area contributed by atoms with Gasteiger partial charge in [0.05, 0.1) is 5.76 Å². The van der Waals surface area contributed by atoms with E-state index in [1.807, 2.05) is 0 Å². The number of aliphatic hydroxyl groups excluding tert-OH is 1. The maximum absolute atomic E-state index is 10.0. The topological polar surface area (TPSA) is 43.3 Å². The summed E-state index contributed by atoms with van der Waals surface area (Å²) in [6.45, 7) is 7.46. The van der Waals surface area contributed by atoms with E-state index in [4.69, 9.17) is 5.11 Å². The van der Waals surface area contributed by atoms with Gasteiger partial charge in [-0.15, -0.1) is 29.0 Å². The molecule has 3 aromatic rings. The third kappa shape index (κ3) is 3.93. The molecule has 159 valence electrons. The minimum Gasteiger partial charge on any atom is -0.512 e. The Morgan fingerprint density at radius 2 is 1.81 bits per heavy atom. The van der Waals surface area contributed by atoms with Crippen molar-refractivity contribution in [2.24, 2.45) is 0 Å². The first-order valence-electron chi connectivity index (χ1n) is 9.97. The van der Waals surface area contributed by atoms with E-state index < -0.39 is 0 Å². The molecule has 1 N–H and O–H groups in total. The summed E-state index contributed by atoms with van der Waals surface area (Å²) in [5.74, 6) is -0.0625. The summed E-state index contributed by atoms with van der Waals surface area (Å²) in [7, 11) is 2.06. The number of hydrogen-bond acceptors (Lipinski definition) is 2. The molecule has 3 aromatic carbocycles. The number of nitrogens with zero attached hydrogens (tertiary/aromatic N) is 2. The van der Waals surface area contributed by atoms with Crippen LogP contribution < -0.4 is 4.58 Å². The summed E-state index contributed by atoms with van der Waals surface area (Å²) in [5, 5.41) is 10.8. The number of hydrogen-bond donors (Lipinski definition) is 1. The largest absolute Gasteiger partial charge is 0.512 e. The van der Waals surface area contributed by atoms with Gasteiger partial charge in [0.15, 0.2) is 18.5 Å². The quantitative estimate of drug-likeness (QED) is 0.174. The molecule has 0 unspecified atom stereocenters. The van der Waals surface area contributed by atoms with E-state index in [0.717, 1.165) is 11.1 Å². The van der Waals surface area contributed by atoms with Gasteiger partial charge < -0.3 is 5.11 Å². The summed E-state index contributed by atoms with van der Waals surface area (Å²) in [4.78, 5) is 10.0. The number of ketones is 1. The standard InChI is InChI=1S/C21H17N2.C5H8O2.Ir/c1-21(2)16-9-6-10-18-20(16)23(13-22(18)3)19-12-15-8-5-4-7-14(15)11-17(19)21;1-4(6)3-5(2)7;/h4-11H,1-3H3;3,6H,1-2H3;/q+1;;/b;4-3-;. The van der Waals surface area contributed by atoms with E-state index >= 15 is 0 Å². The SMILES string of the molecule is CC(=O)/C=C(/C)O.C[N+]1=C=[N+]2c3[c-]c4ccccc4cc3C(C)(C)c3cccc1c32.[Ir]. The van der Waals surface area contributed by atoms with Gasteiger partial charge in [-0.1, -0.05) is 53.3 Å². The second kappa shape index (κ2) is 8.36. The number of carbonyl (C=O) groups excluding carboxylic acids is 1. The molecule has 5 rings (SSSR count). The van der Waals surface area contributed by atoms with Crippen LogP contribution in [0.1, 0.15) is 38.8 Å². The Kier molecular flexibility index (Phi) is 6.16. The van der Waals surface area contributed by atoms with Crippen LogP contribution >= 0.6 is 0 Å². The molecule has 0 spiro atoms. The van der Waals surface area contributed by atoms with Crippen molar-refractivity contribution in [3.05, 3.63) is 77.6 Å². The minimum absolute atomic E-state index is 0. The van der Waals surface area contributed by atoms with Crippen molar-refractivity contribution in [1.29, 1.82) is 0 Å². The van der Waals surface area contributed by atoms with Crippen molar-refractivity contribution < 1.29 is 34.6 Å². The van der Waals surface area contributed by atoms with E-state index in [1.165, 1.54) is 47.8 Å². The van der Waals surface area contributed by atoms with Crippen LogP contribution in [0.4, 0.5) is 17.1 Å². The molecular weight excluding hydrogens is 565 g/mol. The molecule has 0 fully saturated rings. The van der Waals surface area contributed by atoms with Crippen LogP contribution in [0.25, 0.3) is 10.8 Å². The second-order valence-corrected chi connectivity index (χ2v) is 8.31. The molecule has 0 aliphatic carbocycles. The zero-order valence-electron chi connectivity index (χ0n) is 18.3. The number of fused-ring (bicyclic) bond motifs is 3. The van der Waals surface area contributed by atoms with E-state index in [9.17, 15) is 4.79 Å². The first-order valence-corrected chi connectivity index (χ1v) is 9.97. The number of benzene rings is 3. The average Bonchev–Trinajstić information content (AvgIpc) is 3.02. The molecule has 1 radical (unpaired) electrons. The van der Waals surface area contributed by atoms with Gasteiger partial charge in [0.25, 0.3) is 11.4 Å². The Bertz CT molecular complexity index is 1310. The van der Waals surface area contributed by atoms with Crippen LogP contribution in [0.15, 0.2) is 60.4 Å². The molecule has 0 saturated heterocycles. The van der Waals surface area contributed by atoms with Crippen molar-refractivity contribution >= 4 is 39.6 Å². The van der Waals surface area contributed by atoms with Gasteiger partial charge >= 0.3 is 6.01 Å². The average molecular weight is 590 g/mol. The molecular formula is C26H25IrN2O2+. The maximum atomic E-state index is 10.0. The van der Waals surface area contributed by atoms with Gasteiger partial charge in [-0.2, -0.15) is 0 Å². The third-order valence-electron chi connectivity index (χ3n) is 5.60. The Balaban J connectivity index is 0.000000299. The summed E-state index contributed by atoms with van der Waals surface area (Å²) in [5.41, 5.74) is 6.19. The van der Waals surface area contributed by atoms with Crippen molar-refractivity contribution in [1.82, 2.24) is 4.58 Å². The summed E-state index contributed by atoms with van der Waals surface area (Å²) < 4.78 is 4.25. The predicted molar refractivity (Wildman–Crippen MR) is 121 cm³/mol. The first kappa shape index (κ1) is 22.8. The molecule has 0 bridgehead atoms. The van der Waals surface area contributed by atoms with Crippen molar-refractivity contribution in [2.75, 3.05) is 7.05 Å². The van der Waals surface area contributed by atoms with Crippen LogP contribution in [0.5, 0.6) is 0 Å². The Morgan fingerprint density at radius 3 is 2.45 bits per heavy atom. The zero-order valence-corrected chi connectivity index (χ0v) is 20.7. The zero-order chi connectivity index (χ0) is 21.6.